The Bertz CT molecular complexity index is 698. The zero-order chi connectivity index (χ0) is 17.2. The summed E-state index contributed by atoms with van der Waals surface area (Å²) in [5.74, 6) is 1.20. The molecule has 1 aromatic carbocycles. The van der Waals surface area contributed by atoms with E-state index in [0.29, 0.717) is 50.6 Å². The molecule has 0 unspecified atom stereocenters. The van der Waals surface area contributed by atoms with E-state index in [1.165, 1.54) is 10.6 Å². The quantitative estimate of drug-likeness (QED) is 0.857. The fraction of sp³-hybridized carbons (Fsp3) is 0.562. The molecule has 2 heterocycles. The van der Waals surface area contributed by atoms with Crippen LogP contribution in [0.15, 0.2) is 24.3 Å². The number of carbonyl (C=O) groups is 1. The van der Waals surface area contributed by atoms with Gasteiger partial charge in [-0.15, -0.1) is 0 Å². The van der Waals surface area contributed by atoms with Gasteiger partial charge in [0.1, 0.15) is 12.7 Å². The smallest absolute Gasteiger partial charge is 0.223 e. The van der Waals surface area contributed by atoms with E-state index in [1.807, 2.05) is 24.3 Å². The van der Waals surface area contributed by atoms with E-state index in [0.717, 1.165) is 0 Å². The Hall–Kier alpha value is -1.80. The zero-order valence-electron chi connectivity index (χ0n) is 13.6. The number of para-hydroxylation sites is 2. The SMILES string of the molecule is CS(=O)(=O)N1CCC(C(=O)NC[C@H]2COc3ccccc3O2)CC1. The van der Waals surface area contributed by atoms with Gasteiger partial charge in [-0.3, -0.25) is 4.79 Å². The first kappa shape index (κ1) is 17.0. The van der Waals surface area contributed by atoms with Gasteiger partial charge in [-0.05, 0) is 25.0 Å². The normalized spacial score (nSPS) is 22.1. The van der Waals surface area contributed by atoms with Crippen LogP contribution in [0.25, 0.3) is 0 Å². The Kier molecular flexibility index (Phi) is 4.96. The van der Waals surface area contributed by atoms with E-state index in [4.69, 9.17) is 9.47 Å². The van der Waals surface area contributed by atoms with Crippen molar-refractivity contribution in [2.75, 3.05) is 32.5 Å². The van der Waals surface area contributed by atoms with Crippen molar-refractivity contribution >= 4 is 15.9 Å². The average molecular weight is 354 g/mol. The van der Waals surface area contributed by atoms with Gasteiger partial charge >= 0.3 is 0 Å². The second kappa shape index (κ2) is 6.98. The van der Waals surface area contributed by atoms with Crippen LogP contribution < -0.4 is 14.8 Å². The van der Waals surface area contributed by atoms with Crippen LogP contribution in [0, 0.1) is 5.92 Å². The van der Waals surface area contributed by atoms with E-state index in [9.17, 15) is 13.2 Å². The lowest BCUT2D eigenvalue weighted by atomic mass is 9.97. The van der Waals surface area contributed by atoms with Crippen molar-refractivity contribution in [2.24, 2.45) is 5.92 Å². The minimum Gasteiger partial charge on any atom is -0.486 e. The van der Waals surface area contributed by atoms with Gasteiger partial charge in [-0.2, -0.15) is 0 Å². The molecule has 132 valence electrons. The standard InChI is InChI=1S/C16H22N2O5S/c1-24(20,21)18-8-6-12(7-9-18)16(19)17-10-13-11-22-14-4-2-3-5-15(14)23-13/h2-5,12-13H,6-11H2,1H3,(H,17,19)/t13-/m0/s1. The van der Waals surface area contributed by atoms with Crippen LogP contribution in [0.1, 0.15) is 12.8 Å². The van der Waals surface area contributed by atoms with Crippen molar-refractivity contribution < 1.29 is 22.7 Å². The largest absolute Gasteiger partial charge is 0.486 e. The Balaban J connectivity index is 1.45. The van der Waals surface area contributed by atoms with Crippen molar-refractivity contribution in [1.82, 2.24) is 9.62 Å². The first-order chi connectivity index (χ1) is 11.4. The highest BCUT2D eigenvalue weighted by atomic mass is 32.2. The van der Waals surface area contributed by atoms with Crippen molar-refractivity contribution in [2.45, 2.75) is 18.9 Å². The number of hydrogen-bond acceptors (Lipinski definition) is 5. The lowest BCUT2D eigenvalue weighted by molar-refractivity contribution is -0.126. The number of sulfonamides is 1. The third-order valence-corrected chi connectivity index (χ3v) is 5.67. The minimum atomic E-state index is -3.17. The average Bonchev–Trinajstić information content (AvgIpc) is 2.59. The number of nitrogens with one attached hydrogen (secondary N) is 1. The number of benzene rings is 1. The summed E-state index contributed by atoms with van der Waals surface area (Å²) in [6, 6.07) is 7.44. The molecule has 7 nitrogen and oxygen atoms in total. The molecular formula is C16H22N2O5S. The van der Waals surface area contributed by atoms with E-state index in [2.05, 4.69) is 5.32 Å². The minimum absolute atomic E-state index is 0.0504. The van der Waals surface area contributed by atoms with Crippen molar-refractivity contribution in [3.8, 4) is 11.5 Å². The molecule has 1 amide bonds. The molecule has 0 spiro atoms. The predicted octanol–water partition coefficient (Wildman–Crippen LogP) is 0.614. The molecule has 1 fully saturated rings. The van der Waals surface area contributed by atoms with Crippen molar-refractivity contribution in [3.63, 3.8) is 0 Å². The van der Waals surface area contributed by atoms with Gasteiger partial charge in [-0.25, -0.2) is 12.7 Å². The third-order valence-electron chi connectivity index (χ3n) is 4.37. The topological polar surface area (TPSA) is 84.9 Å². The molecule has 1 aromatic rings. The second-order valence-corrected chi connectivity index (χ2v) is 8.16. The maximum Gasteiger partial charge on any atom is 0.223 e. The number of hydrogen-bond donors (Lipinski definition) is 1. The highest BCUT2D eigenvalue weighted by molar-refractivity contribution is 7.88. The third kappa shape index (κ3) is 3.99. The molecule has 8 heteroatoms. The Labute approximate surface area is 142 Å². The van der Waals surface area contributed by atoms with Crippen LogP contribution in [0.2, 0.25) is 0 Å². The number of piperidine rings is 1. The second-order valence-electron chi connectivity index (χ2n) is 6.18. The highest BCUT2D eigenvalue weighted by Crippen LogP contribution is 2.30. The molecule has 2 aliphatic heterocycles. The zero-order valence-corrected chi connectivity index (χ0v) is 14.4. The number of rotatable bonds is 4. The number of ether oxygens (including phenoxy) is 2. The summed E-state index contributed by atoms with van der Waals surface area (Å²) in [5, 5.41) is 2.89. The monoisotopic (exact) mass is 354 g/mol. The molecule has 1 N–H and O–H groups in total. The van der Waals surface area contributed by atoms with Crippen LogP contribution in [-0.4, -0.2) is 57.2 Å². The summed E-state index contributed by atoms with van der Waals surface area (Å²) in [6.45, 7) is 1.56. The molecule has 0 bridgehead atoms. The van der Waals surface area contributed by atoms with Gasteiger partial charge in [-0.1, -0.05) is 12.1 Å². The van der Waals surface area contributed by atoms with Gasteiger partial charge in [0.15, 0.2) is 11.5 Å². The first-order valence-electron chi connectivity index (χ1n) is 8.05. The fourth-order valence-corrected chi connectivity index (χ4v) is 3.85. The molecule has 0 aliphatic carbocycles. The maximum absolute atomic E-state index is 12.3. The number of nitrogens with zero attached hydrogens (tertiary/aromatic N) is 1. The van der Waals surface area contributed by atoms with Crippen molar-refractivity contribution in [3.05, 3.63) is 24.3 Å². The molecule has 24 heavy (non-hydrogen) atoms. The van der Waals surface area contributed by atoms with Crippen LogP contribution >= 0.6 is 0 Å². The van der Waals surface area contributed by atoms with Gasteiger partial charge in [0, 0.05) is 19.0 Å². The van der Waals surface area contributed by atoms with E-state index < -0.39 is 10.0 Å². The van der Waals surface area contributed by atoms with Gasteiger partial charge in [0.2, 0.25) is 15.9 Å². The predicted molar refractivity (Wildman–Crippen MR) is 88.5 cm³/mol. The molecular weight excluding hydrogens is 332 g/mol. The van der Waals surface area contributed by atoms with E-state index in [1.54, 1.807) is 0 Å². The lowest BCUT2D eigenvalue weighted by Crippen LogP contribution is -2.46. The van der Waals surface area contributed by atoms with Gasteiger partial charge < -0.3 is 14.8 Å². The van der Waals surface area contributed by atoms with Gasteiger partial charge in [0.25, 0.3) is 0 Å². The molecule has 3 rings (SSSR count). The molecule has 1 atom stereocenters. The van der Waals surface area contributed by atoms with Gasteiger partial charge in [0.05, 0.1) is 12.8 Å². The molecule has 0 saturated carbocycles. The first-order valence-corrected chi connectivity index (χ1v) is 9.89. The number of carbonyl (C=O) groups excluding carboxylic acids is 1. The molecule has 1 saturated heterocycles. The number of amides is 1. The summed E-state index contributed by atoms with van der Waals surface area (Å²) in [5.41, 5.74) is 0. The molecule has 0 aromatic heterocycles. The summed E-state index contributed by atoms with van der Waals surface area (Å²) >= 11 is 0. The van der Waals surface area contributed by atoms with E-state index >= 15 is 0 Å². The van der Waals surface area contributed by atoms with Crippen LogP contribution in [-0.2, 0) is 14.8 Å². The Morgan fingerprint density at radius 1 is 1.25 bits per heavy atom. The Morgan fingerprint density at radius 3 is 2.58 bits per heavy atom. The van der Waals surface area contributed by atoms with Crippen LogP contribution in [0.3, 0.4) is 0 Å². The molecule has 0 radical (unpaired) electrons. The maximum atomic E-state index is 12.3. The summed E-state index contributed by atoms with van der Waals surface area (Å²) in [4.78, 5) is 12.3. The van der Waals surface area contributed by atoms with Crippen molar-refractivity contribution in [1.29, 1.82) is 0 Å². The summed E-state index contributed by atoms with van der Waals surface area (Å²) in [6.07, 6.45) is 2.07. The fourth-order valence-electron chi connectivity index (χ4n) is 2.97. The van der Waals surface area contributed by atoms with E-state index in [-0.39, 0.29) is 17.9 Å². The summed E-state index contributed by atoms with van der Waals surface area (Å²) < 4.78 is 35.8. The lowest BCUT2D eigenvalue weighted by Gasteiger charge is -2.30. The molecule has 2 aliphatic rings. The Morgan fingerprint density at radius 2 is 1.92 bits per heavy atom. The number of fused-ring (bicyclic) bond motifs is 1. The van der Waals surface area contributed by atoms with Crippen LogP contribution in [0.5, 0.6) is 11.5 Å². The van der Waals surface area contributed by atoms with Crippen LogP contribution in [0.4, 0.5) is 0 Å². The highest BCUT2D eigenvalue weighted by Gasteiger charge is 2.29. The summed E-state index contributed by atoms with van der Waals surface area (Å²) in [7, 11) is -3.17.